The van der Waals surface area contributed by atoms with E-state index in [0.29, 0.717) is 28.5 Å². The second-order valence-electron chi connectivity index (χ2n) is 14.0. The van der Waals surface area contributed by atoms with Crippen LogP contribution in [0.1, 0.15) is 13.7 Å². The molecule has 0 N–H and O–H groups in total. The number of fused-ring (bicyclic) bond motifs is 3. The van der Waals surface area contributed by atoms with Crippen LogP contribution in [-0.4, -0.2) is 34.5 Å². The van der Waals surface area contributed by atoms with Gasteiger partial charge in [-0.1, -0.05) is 182 Å². The van der Waals surface area contributed by atoms with Crippen LogP contribution in [0.3, 0.4) is 0 Å². The van der Waals surface area contributed by atoms with Crippen LogP contribution in [0.5, 0.6) is 0 Å². The zero-order chi connectivity index (χ0) is 49.2. The van der Waals surface area contributed by atoms with Crippen LogP contribution in [0.4, 0.5) is 0 Å². The molecule has 0 aliphatic heterocycles. The zero-order valence-corrected chi connectivity index (χ0v) is 32.1. The number of rotatable bonds is 8. The van der Waals surface area contributed by atoms with E-state index >= 15 is 0 Å². The molecule has 0 saturated carbocycles. The molecule has 0 saturated heterocycles. The Bertz CT molecular complexity index is 3740. The molecule has 11 aromatic rings. The van der Waals surface area contributed by atoms with Gasteiger partial charge >= 0.3 is 0 Å². The lowest BCUT2D eigenvalue weighted by atomic mass is 10.0. The molecule has 8 aromatic carbocycles. The van der Waals surface area contributed by atoms with E-state index in [1.54, 1.807) is 6.07 Å². The van der Waals surface area contributed by atoms with Gasteiger partial charge in [0, 0.05) is 44.2 Å². The Kier molecular flexibility index (Phi) is 6.70. The predicted molar refractivity (Wildman–Crippen MR) is 246 cm³/mol. The molecule has 286 valence electrons. The Hall–Kier alpha value is -8.42. The molecule has 3 aromatic heterocycles. The molecule has 0 aliphatic carbocycles. The third kappa shape index (κ3) is 6.80. The molecule has 3 heterocycles. The number of benzene rings is 8. The van der Waals surface area contributed by atoms with Crippen LogP contribution in [0.25, 0.3) is 107 Å². The van der Waals surface area contributed by atoms with Gasteiger partial charge in [0.1, 0.15) is 0 Å². The van der Waals surface area contributed by atoms with Gasteiger partial charge in [0.15, 0.2) is 34.9 Å². The molecule has 11 rings (SSSR count). The quantitative estimate of drug-likeness (QED) is 0.152. The highest BCUT2D eigenvalue weighted by molar-refractivity contribution is 6.10. The van der Waals surface area contributed by atoms with Crippen LogP contribution in [0.2, 0.25) is 0 Å². The molecule has 0 bridgehead atoms. The van der Waals surface area contributed by atoms with Crippen LogP contribution >= 0.6 is 0 Å². The van der Waals surface area contributed by atoms with Crippen molar-refractivity contribution in [2.45, 2.75) is 0 Å². The Morgan fingerprint density at radius 3 is 1.33 bits per heavy atom. The first kappa shape index (κ1) is 26.6. The molecule has 0 amide bonds. The van der Waals surface area contributed by atoms with E-state index in [1.165, 1.54) is 0 Å². The fraction of sp³-hybridized carbons (Fsp3) is 0. The molecular weight excluding hydrogens is 747 g/mol. The number of nitrogens with zero attached hydrogens (tertiary/aromatic N) is 7. The van der Waals surface area contributed by atoms with Crippen molar-refractivity contribution in [1.82, 2.24) is 34.5 Å². The minimum absolute atomic E-state index is 0.119. The number of hydrogen-bond donors (Lipinski definition) is 0. The Balaban J connectivity index is 1.27. The summed E-state index contributed by atoms with van der Waals surface area (Å²) >= 11 is 0. The summed E-state index contributed by atoms with van der Waals surface area (Å²) in [5, 5.41) is 1.87. The average Bonchev–Trinajstić information content (AvgIpc) is 3.74. The predicted octanol–water partition coefficient (Wildman–Crippen LogP) is 12.8. The fourth-order valence-electron chi connectivity index (χ4n) is 7.47. The number of aromatic nitrogens is 7. The van der Waals surface area contributed by atoms with Crippen molar-refractivity contribution >= 4 is 21.8 Å². The summed E-state index contributed by atoms with van der Waals surface area (Å²) in [6, 6.07) is 42.3. The van der Waals surface area contributed by atoms with Gasteiger partial charge in [-0.2, -0.15) is 0 Å². The molecule has 7 nitrogen and oxygen atoms in total. The highest BCUT2D eigenvalue weighted by atomic mass is 15.1. The maximum Gasteiger partial charge on any atom is 0.166 e. The summed E-state index contributed by atoms with van der Waals surface area (Å²) in [5.41, 5.74) is 5.60. The first-order valence-corrected chi connectivity index (χ1v) is 19.4. The summed E-state index contributed by atoms with van der Waals surface area (Å²) < 4.78 is 89.1. The number of hydrogen-bond acceptors (Lipinski definition) is 6. The smallest absolute Gasteiger partial charge is 0.166 e. The zero-order valence-electron chi connectivity index (χ0n) is 42.1. The van der Waals surface area contributed by atoms with Crippen molar-refractivity contribution in [3.05, 3.63) is 212 Å². The van der Waals surface area contributed by atoms with Crippen molar-refractivity contribution < 1.29 is 13.7 Å². The number of para-hydroxylation sites is 1. The lowest BCUT2D eigenvalue weighted by Gasteiger charge is -2.16. The van der Waals surface area contributed by atoms with E-state index in [2.05, 4.69) is 27.8 Å². The van der Waals surface area contributed by atoms with Crippen LogP contribution < -0.4 is 0 Å². The van der Waals surface area contributed by atoms with Gasteiger partial charge in [0.05, 0.1) is 30.4 Å². The molecule has 0 fully saturated rings. The minimum atomic E-state index is -0.646. The first-order chi connectivity index (χ1) is 34.4. The van der Waals surface area contributed by atoms with Crippen molar-refractivity contribution in [3.63, 3.8) is 0 Å². The van der Waals surface area contributed by atoms with Gasteiger partial charge in [-0.3, -0.25) is 0 Å². The largest absolute Gasteiger partial charge is 0.308 e. The summed E-state index contributed by atoms with van der Waals surface area (Å²) in [6.45, 7) is 0. The minimum Gasteiger partial charge on any atom is -0.308 e. The van der Waals surface area contributed by atoms with E-state index in [-0.39, 0.29) is 22.8 Å². The monoisotopic (exact) mass is 791 g/mol. The summed E-state index contributed by atoms with van der Waals surface area (Å²) in [6.07, 6.45) is 0. The Labute approximate surface area is 366 Å². The molecule has 0 radical (unpaired) electrons. The third-order valence-corrected chi connectivity index (χ3v) is 10.3. The van der Waals surface area contributed by atoms with Gasteiger partial charge in [-0.05, 0) is 41.5 Å². The lowest BCUT2D eigenvalue weighted by molar-refractivity contribution is 1.06. The van der Waals surface area contributed by atoms with Crippen molar-refractivity contribution in [2.75, 3.05) is 0 Å². The second-order valence-corrected chi connectivity index (χ2v) is 14.0. The Morgan fingerprint density at radius 2 is 0.754 bits per heavy atom. The van der Waals surface area contributed by atoms with Crippen LogP contribution in [-0.2, 0) is 0 Å². The van der Waals surface area contributed by atoms with Gasteiger partial charge in [-0.25, -0.2) is 29.9 Å². The maximum atomic E-state index is 9.00. The van der Waals surface area contributed by atoms with Crippen molar-refractivity contribution in [2.24, 2.45) is 0 Å². The molecule has 0 aliphatic rings. The van der Waals surface area contributed by atoms with Crippen LogP contribution in [0.15, 0.2) is 212 Å². The van der Waals surface area contributed by atoms with E-state index in [0.717, 1.165) is 44.1 Å². The van der Waals surface area contributed by atoms with Crippen molar-refractivity contribution in [1.29, 1.82) is 0 Å². The third-order valence-electron chi connectivity index (χ3n) is 10.3. The maximum absolute atomic E-state index is 9.00. The molecule has 0 spiro atoms. The fourth-order valence-corrected chi connectivity index (χ4v) is 7.47. The summed E-state index contributed by atoms with van der Waals surface area (Å²) in [5.74, 6) is 0.190. The molecule has 7 heteroatoms. The highest BCUT2D eigenvalue weighted by Gasteiger charge is 2.22. The van der Waals surface area contributed by atoms with E-state index in [1.807, 2.05) is 127 Å². The van der Waals surface area contributed by atoms with Gasteiger partial charge in [-0.15, -0.1) is 0 Å². The van der Waals surface area contributed by atoms with Crippen molar-refractivity contribution in [3.8, 4) is 85.1 Å². The molecule has 0 unspecified atom stereocenters. The molecule has 61 heavy (non-hydrogen) atoms. The van der Waals surface area contributed by atoms with Gasteiger partial charge < -0.3 is 4.57 Å². The molecule has 0 atom stereocenters. The standard InChI is InChI=1S/C54H35N7/c1-6-18-36(19-7-1)41-30-32-44-43-28-16-17-29-46(43)61(48(44)35-41)47-33-31-42(53-57-49(37-20-8-2-9-21-37)55-50(58-53)38-22-10-3-11-23-38)34-45(47)54-59-51(39-24-12-4-13-25-39)56-52(60-54)40-26-14-5-15-27-40/h1-35H/i4D,5D,12D,13D,14D,15D,24D,25D,26D,27D. The second kappa shape index (κ2) is 15.4. The average molecular weight is 792 g/mol. The lowest BCUT2D eigenvalue weighted by Crippen LogP contribution is -2.05. The van der Waals surface area contributed by atoms with E-state index < -0.39 is 72.1 Å². The Morgan fingerprint density at radius 1 is 0.311 bits per heavy atom. The molecular formula is C54H35N7. The normalized spacial score (nSPS) is 13.6. The topological polar surface area (TPSA) is 82.3 Å². The summed E-state index contributed by atoms with van der Waals surface area (Å²) in [4.78, 5) is 29.3. The first-order valence-electron chi connectivity index (χ1n) is 24.4. The van der Waals surface area contributed by atoms with Gasteiger partial charge in [0.25, 0.3) is 0 Å². The highest BCUT2D eigenvalue weighted by Crippen LogP contribution is 2.39. The van der Waals surface area contributed by atoms with E-state index in [4.69, 9.17) is 38.6 Å². The van der Waals surface area contributed by atoms with E-state index in [9.17, 15) is 0 Å². The van der Waals surface area contributed by atoms with Crippen LogP contribution in [0, 0.1) is 0 Å². The SMILES string of the molecule is [2H]c1c([2H])c([2H])c(-c2nc(-c3cc(-c4nc(-c5ccccc5)nc(-c5ccccc5)n4)ccc3-n3c4ccccc4c4ccc(-c5ccccc5)cc43)nc(-c3c([2H])c([2H])c([2H])c([2H])c3[2H])n2)c([2H])c1[2H]. The summed E-state index contributed by atoms with van der Waals surface area (Å²) in [7, 11) is 0. The van der Waals surface area contributed by atoms with Gasteiger partial charge in [0.2, 0.25) is 0 Å².